The van der Waals surface area contributed by atoms with Gasteiger partial charge in [-0.2, -0.15) is 0 Å². The minimum absolute atomic E-state index is 0.131. The van der Waals surface area contributed by atoms with Gasteiger partial charge in [0.1, 0.15) is 16.9 Å². The van der Waals surface area contributed by atoms with E-state index in [1.165, 1.54) is 33.5 Å². The lowest BCUT2D eigenvalue weighted by Gasteiger charge is -2.11. The predicted molar refractivity (Wildman–Crippen MR) is 63.4 cm³/mol. The quantitative estimate of drug-likeness (QED) is 0.800. The molecular weight excluding hydrogens is 292 g/mol. The van der Waals surface area contributed by atoms with Gasteiger partial charge in [0.15, 0.2) is 0 Å². The van der Waals surface area contributed by atoms with E-state index >= 15 is 0 Å². The van der Waals surface area contributed by atoms with Crippen molar-refractivity contribution >= 4 is 27.9 Å². The molecule has 0 heterocycles. The highest BCUT2D eigenvalue weighted by molar-refractivity contribution is 9.10. The molecule has 0 bridgehead atoms. The van der Waals surface area contributed by atoms with Gasteiger partial charge in [0.05, 0.1) is 21.3 Å². The van der Waals surface area contributed by atoms with Crippen LogP contribution < -0.4 is 4.74 Å². The lowest BCUT2D eigenvalue weighted by molar-refractivity contribution is 0.0592. The number of methoxy groups -OCH3 is 3. The Morgan fingerprint density at radius 1 is 1.00 bits per heavy atom. The van der Waals surface area contributed by atoms with Crippen molar-refractivity contribution in [3.63, 3.8) is 0 Å². The van der Waals surface area contributed by atoms with Gasteiger partial charge in [0.25, 0.3) is 0 Å². The van der Waals surface area contributed by atoms with Crippen molar-refractivity contribution in [2.45, 2.75) is 0 Å². The highest BCUT2D eigenvalue weighted by atomic mass is 79.9. The molecule has 0 atom stereocenters. The topological polar surface area (TPSA) is 61.8 Å². The SMILES string of the molecule is COC(=O)c1cc(Br)cc(C(=O)OC)c1OC. The summed E-state index contributed by atoms with van der Waals surface area (Å²) in [4.78, 5) is 23.1. The maximum atomic E-state index is 11.5. The summed E-state index contributed by atoms with van der Waals surface area (Å²) >= 11 is 3.20. The van der Waals surface area contributed by atoms with E-state index in [-0.39, 0.29) is 16.9 Å². The molecule has 6 heteroatoms. The van der Waals surface area contributed by atoms with Crippen LogP contribution in [-0.2, 0) is 9.47 Å². The van der Waals surface area contributed by atoms with Crippen LogP contribution in [0, 0.1) is 0 Å². The predicted octanol–water partition coefficient (Wildman–Crippen LogP) is 2.03. The van der Waals surface area contributed by atoms with Gasteiger partial charge in [-0.1, -0.05) is 15.9 Å². The molecule has 0 spiro atoms. The molecule has 0 aromatic heterocycles. The van der Waals surface area contributed by atoms with E-state index < -0.39 is 11.9 Å². The average Bonchev–Trinajstić information content (AvgIpc) is 2.35. The van der Waals surface area contributed by atoms with E-state index in [0.717, 1.165) is 0 Å². The van der Waals surface area contributed by atoms with Gasteiger partial charge in [-0.15, -0.1) is 0 Å². The molecule has 0 fully saturated rings. The van der Waals surface area contributed by atoms with Crippen LogP contribution in [0.3, 0.4) is 0 Å². The lowest BCUT2D eigenvalue weighted by atomic mass is 10.1. The van der Waals surface area contributed by atoms with Crippen LogP contribution >= 0.6 is 15.9 Å². The van der Waals surface area contributed by atoms with Gasteiger partial charge in [0, 0.05) is 4.47 Å². The third kappa shape index (κ3) is 2.76. The second-order valence-corrected chi connectivity index (χ2v) is 3.93. The Morgan fingerprint density at radius 2 is 1.41 bits per heavy atom. The fraction of sp³-hybridized carbons (Fsp3) is 0.273. The van der Waals surface area contributed by atoms with Crippen molar-refractivity contribution < 1.29 is 23.8 Å². The molecule has 0 N–H and O–H groups in total. The summed E-state index contributed by atoms with van der Waals surface area (Å²) in [6.07, 6.45) is 0. The van der Waals surface area contributed by atoms with Crippen molar-refractivity contribution in [1.29, 1.82) is 0 Å². The average molecular weight is 303 g/mol. The molecule has 17 heavy (non-hydrogen) atoms. The summed E-state index contributed by atoms with van der Waals surface area (Å²) in [7, 11) is 3.86. The summed E-state index contributed by atoms with van der Waals surface area (Å²) in [5.41, 5.74) is 0.314. The fourth-order valence-corrected chi connectivity index (χ4v) is 1.79. The summed E-state index contributed by atoms with van der Waals surface area (Å²) in [6.45, 7) is 0. The van der Waals surface area contributed by atoms with Crippen LogP contribution in [0.1, 0.15) is 20.7 Å². The third-order valence-electron chi connectivity index (χ3n) is 2.07. The molecule has 0 aliphatic rings. The normalized spacial score (nSPS) is 9.65. The molecular formula is C11H11BrO5. The molecule has 0 saturated heterocycles. The molecule has 0 radical (unpaired) electrons. The molecule has 1 aromatic carbocycles. The monoisotopic (exact) mass is 302 g/mol. The number of hydrogen-bond donors (Lipinski definition) is 0. The number of rotatable bonds is 3. The van der Waals surface area contributed by atoms with E-state index in [9.17, 15) is 9.59 Å². The summed E-state index contributed by atoms with van der Waals surface area (Å²) < 4.78 is 14.8. The Morgan fingerprint density at radius 3 is 1.71 bits per heavy atom. The number of esters is 2. The van der Waals surface area contributed by atoms with Gasteiger partial charge >= 0.3 is 11.9 Å². The largest absolute Gasteiger partial charge is 0.495 e. The Labute approximate surface area is 107 Å². The lowest BCUT2D eigenvalue weighted by Crippen LogP contribution is -2.10. The number of benzene rings is 1. The standard InChI is InChI=1S/C11H11BrO5/c1-15-9-7(10(13)16-2)4-6(12)5-8(9)11(14)17-3/h4-5H,1-3H3. The number of hydrogen-bond acceptors (Lipinski definition) is 5. The summed E-state index contributed by atoms with van der Waals surface area (Å²) in [6, 6.07) is 3.02. The van der Waals surface area contributed by atoms with Crippen molar-refractivity contribution in [2.24, 2.45) is 0 Å². The second kappa shape index (κ2) is 5.67. The molecule has 1 rings (SSSR count). The highest BCUT2D eigenvalue weighted by Crippen LogP contribution is 2.29. The molecule has 5 nitrogen and oxygen atoms in total. The van der Waals surface area contributed by atoms with Crippen LogP contribution in [0.5, 0.6) is 5.75 Å². The summed E-state index contributed by atoms with van der Waals surface area (Å²) in [5.74, 6) is -1.05. The number of carbonyl (C=O) groups is 2. The second-order valence-electron chi connectivity index (χ2n) is 3.02. The van der Waals surface area contributed by atoms with Crippen LogP contribution in [-0.4, -0.2) is 33.3 Å². The van der Waals surface area contributed by atoms with Gasteiger partial charge in [-0.3, -0.25) is 0 Å². The van der Waals surface area contributed by atoms with Gasteiger partial charge in [-0.25, -0.2) is 9.59 Å². The zero-order valence-electron chi connectivity index (χ0n) is 9.57. The zero-order valence-corrected chi connectivity index (χ0v) is 11.2. The molecule has 0 aliphatic carbocycles. The van der Waals surface area contributed by atoms with Crippen LogP contribution in [0.4, 0.5) is 0 Å². The van der Waals surface area contributed by atoms with Gasteiger partial charge in [0.2, 0.25) is 0 Å². The maximum Gasteiger partial charge on any atom is 0.341 e. The Balaban J connectivity index is 3.45. The molecule has 0 unspecified atom stereocenters. The maximum absolute atomic E-state index is 11.5. The summed E-state index contributed by atoms with van der Waals surface area (Å²) in [5, 5.41) is 0. The first-order chi connectivity index (χ1) is 8.04. The van der Waals surface area contributed by atoms with E-state index in [2.05, 4.69) is 25.4 Å². The minimum atomic E-state index is -0.590. The van der Waals surface area contributed by atoms with E-state index in [0.29, 0.717) is 4.47 Å². The van der Waals surface area contributed by atoms with Crippen LogP contribution in [0.2, 0.25) is 0 Å². The molecule has 92 valence electrons. The van der Waals surface area contributed by atoms with Gasteiger partial charge < -0.3 is 14.2 Å². The van der Waals surface area contributed by atoms with E-state index in [1.54, 1.807) is 0 Å². The molecule has 1 aromatic rings. The number of ether oxygens (including phenoxy) is 3. The zero-order chi connectivity index (χ0) is 13.0. The fourth-order valence-electron chi connectivity index (χ4n) is 1.34. The van der Waals surface area contributed by atoms with Crippen molar-refractivity contribution in [2.75, 3.05) is 21.3 Å². The Kier molecular flexibility index (Phi) is 4.51. The van der Waals surface area contributed by atoms with Crippen molar-refractivity contribution in [3.05, 3.63) is 27.7 Å². The highest BCUT2D eigenvalue weighted by Gasteiger charge is 2.22. The Bertz CT molecular complexity index is 418. The molecule has 0 amide bonds. The number of carbonyl (C=O) groups excluding carboxylic acids is 2. The van der Waals surface area contributed by atoms with Crippen LogP contribution in [0.25, 0.3) is 0 Å². The first kappa shape index (κ1) is 13.5. The Hall–Kier alpha value is -1.56. The third-order valence-corrected chi connectivity index (χ3v) is 2.53. The van der Waals surface area contributed by atoms with Gasteiger partial charge in [-0.05, 0) is 12.1 Å². The van der Waals surface area contributed by atoms with Crippen molar-refractivity contribution in [1.82, 2.24) is 0 Å². The molecule has 0 saturated carbocycles. The number of halogens is 1. The van der Waals surface area contributed by atoms with E-state index in [1.807, 2.05) is 0 Å². The first-order valence-corrected chi connectivity index (χ1v) is 5.38. The first-order valence-electron chi connectivity index (χ1n) is 4.59. The van der Waals surface area contributed by atoms with Crippen molar-refractivity contribution in [3.8, 4) is 5.75 Å². The molecule has 0 aliphatic heterocycles. The van der Waals surface area contributed by atoms with Crippen LogP contribution in [0.15, 0.2) is 16.6 Å². The van der Waals surface area contributed by atoms with E-state index in [4.69, 9.17) is 4.74 Å². The minimum Gasteiger partial charge on any atom is -0.495 e. The smallest absolute Gasteiger partial charge is 0.341 e.